The summed E-state index contributed by atoms with van der Waals surface area (Å²) in [6.07, 6.45) is 0. The molecule has 0 spiro atoms. The summed E-state index contributed by atoms with van der Waals surface area (Å²) in [6, 6.07) is 12.1. The van der Waals surface area contributed by atoms with Crippen molar-refractivity contribution in [1.82, 2.24) is 5.32 Å². The van der Waals surface area contributed by atoms with Crippen molar-refractivity contribution in [3.05, 3.63) is 53.6 Å². The van der Waals surface area contributed by atoms with Gasteiger partial charge in [-0.25, -0.2) is 0 Å². The number of hydrogen-bond donors (Lipinski definition) is 3. The minimum absolute atomic E-state index is 0.194. The molecule has 2 aromatic rings. The number of thiol groups is 1. The van der Waals surface area contributed by atoms with Crippen LogP contribution in [-0.4, -0.2) is 23.7 Å². The summed E-state index contributed by atoms with van der Waals surface area (Å²) in [4.78, 5) is 12.8. The van der Waals surface area contributed by atoms with Crippen LogP contribution in [0.25, 0.3) is 0 Å². The number of rotatable bonds is 4. The molecule has 0 aromatic heterocycles. The number of carbonyl (C=O) groups is 1. The van der Waals surface area contributed by atoms with E-state index in [1.807, 2.05) is 0 Å². The van der Waals surface area contributed by atoms with E-state index in [1.165, 1.54) is 0 Å². The molecule has 3 rings (SSSR count). The Hall–Kier alpha value is -1.90. The Kier molecular flexibility index (Phi) is 4.65. The maximum absolute atomic E-state index is 12.2. The molecular weight excluding hydrogens is 331 g/mol. The molecule has 1 heterocycles. The van der Waals surface area contributed by atoms with Gasteiger partial charge in [-0.1, -0.05) is 0 Å². The molecule has 0 fully saturated rings. The zero-order chi connectivity index (χ0) is 16.4. The van der Waals surface area contributed by atoms with Crippen molar-refractivity contribution in [2.75, 3.05) is 5.32 Å². The van der Waals surface area contributed by atoms with E-state index in [0.717, 1.165) is 11.3 Å². The Morgan fingerprint density at radius 3 is 2.74 bits per heavy atom. The summed E-state index contributed by atoms with van der Waals surface area (Å²) in [5.41, 5.74) is 2.11. The second kappa shape index (κ2) is 6.70. The van der Waals surface area contributed by atoms with E-state index in [1.54, 1.807) is 42.5 Å². The van der Waals surface area contributed by atoms with Gasteiger partial charge in [0.15, 0.2) is 0 Å². The molecule has 1 aliphatic heterocycles. The van der Waals surface area contributed by atoms with E-state index in [-0.39, 0.29) is 11.7 Å². The van der Waals surface area contributed by atoms with Crippen LogP contribution in [-0.2, 0) is 16.8 Å². The second-order valence-corrected chi connectivity index (χ2v) is 6.84. The fourth-order valence-electron chi connectivity index (χ4n) is 2.14. The molecule has 0 aliphatic carbocycles. The molecule has 115 valence electrons. The number of benzene rings is 2. The van der Waals surface area contributed by atoms with Crippen LogP contribution < -0.4 is 15.4 Å². The molecule has 0 bridgehead atoms. The molecule has 1 atom stereocenters. The number of carbonyl (C=O) groups excluding carboxylic acids is 1. The molecule has 8 heteroatoms. The van der Waals surface area contributed by atoms with Crippen molar-refractivity contribution < 1.29 is 14.1 Å². The number of fused-ring (bicyclic) bond motifs is 1. The Morgan fingerprint density at radius 2 is 2.04 bits per heavy atom. The Balaban J connectivity index is 1.63. The first kappa shape index (κ1) is 16.0. The number of nitrogens with one attached hydrogen (secondary N) is 2. The molecule has 1 amide bonds. The zero-order valence-corrected chi connectivity index (χ0v) is 13.6. The average molecular weight is 343 g/mol. The first-order chi connectivity index (χ1) is 11.0. The third-order valence-electron chi connectivity index (χ3n) is 3.30. The van der Waals surface area contributed by atoms with Gasteiger partial charge in [-0.05, 0) is 0 Å². The molecule has 1 aliphatic rings. The van der Waals surface area contributed by atoms with Gasteiger partial charge in [-0.2, -0.15) is 0 Å². The third-order valence-corrected chi connectivity index (χ3v) is 4.61. The van der Waals surface area contributed by atoms with Crippen molar-refractivity contribution in [1.29, 1.82) is 0 Å². The van der Waals surface area contributed by atoms with Crippen LogP contribution in [0.3, 0.4) is 0 Å². The van der Waals surface area contributed by atoms with E-state index >= 15 is 0 Å². The molecule has 2 aromatic carbocycles. The molecule has 0 saturated heterocycles. The summed E-state index contributed by atoms with van der Waals surface area (Å²) in [6.45, 7) is 0.364. The van der Waals surface area contributed by atoms with Crippen LogP contribution in [0.1, 0.15) is 15.9 Å². The maximum atomic E-state index is 12.2. The van der Waals surface area contributed by atoms with Crippen LogP contribution in [0.2, 0.25) is 0 Å². The summed E-state index contributed by atoms with van der Waals surface area (Å²) < 4.78 is 16.5. The van der Waals surface area contributed by atoms with E-state index in [0.29, 0.717) is 22.8 Å². The molecule has 2 N–H and O–H groups in total. The van der Waals surface area contributed by atoms with Crippen molar-refractivity contribution in [3.8, 4) is 5.75 Å². The standard InChI is InChI=1S/C15H12BN2O3S2/c16-15-18-12-6-3-10(7-13(12)21-15)14(19)17-8-9-1-4-11(5-2-9)23(20)22/h1-7,18H,8H2,(H,17,19)(H,20,22). The quantitative estimate of drug-likeness (QED) is 0.341. The second-order valence-electron chi connectivity index (χ2n) is 4.88. The molecule has 5 nitrogen and oxygen atoms in total. The SMILES string of the molecule is [B]=C1Nc2ccc(C(=O)NCc3ccc([S+]([O-])S)cc3)cc2O1. The normalized spacial score (nSPS) is 13.7. The predicted molar refractivity (Wildman–Crippen MR) is 94.5 cm³/mol. The number of amides is 1. The van der Waals surface area contributed by atoms with Gasteiger partial charge in [0, 0.05) is 0 Å². The van der Waals surface area contributed by atoms with E-state index in [4.69, 9.17) is 12.2 Å². The number of anilines is 1. The fourth-order valence-corrected chi connectivity index (χ4v) is 2.87. The topological polar surface area (TPSA) is 73.4 Å². The average Bonchev–Trinajstić information content (AvgIpc) is 2.92. The molecule has 0 saturated carbocycles. The predicted octanol–water partition coefficient (Wildman–Crippen LogP) is 1.63. The summed E-state index contributed by atoms with van der Waals surface area (Å²) in [5.74, 6) is 0.499. The van der Waals surface area contributed by atoms with Gasteiger partial charge < -0.3 is 4.55 Å². The van der Waals surface area contributed by atoms with Crippen molar-refractivity contribution in [2.45, 2.75) is 11.4 Å². The van der Waals surface area contributed by atoms with Gasteiger partial charge in [0.2, 0.25) is 0 Å². The molecular formula is C15H12BN2O3S2. The summed E-state index contributed by atoms with van der Waals surface area (Å²) in [7, 11) is 4.23. The van der Waals surface area contributed by atoms with Crippen molar-refractivity contribution >= 4 is 46.7 Å². The van der Waals surface area contributed by atoms with Gasteiger partial charge in [0.05, 0.1) is 21.9 Å². The number of hydrogen-bond acceptors (Lipinski definition) is 5. The summed E-state index contributed by atoms with van der Waals surface area (Å²) in [5, 5.41) is 5.66. The van der Waals surface area contributed by atoms with Gasteiger partial charge in [-0.15, -0.1) is 0 Å². The van der Waals surface area contributed by atoms with Crippen LogP contribution in [0.5, 0.6) is 5.75 Å². The van der Waals surface area contributed by atoms with Gasteiger partial charge in [0.25, 0.3) is 0 Å². The minimum atomic E-state index is -1.31. The molecule has 1 unspecified atom stereocenters. The van der Waals surface area contributed by atoms with E-state index < -0.39 is 10.2 Å². The molecule has 23 heavy (non-hydrogen) atoms. The van der Waals surface area contributed by atoms with Crippen LogP contribution >= 0.6 is 11.7 Å². The van der Waals surface area contributed by atoms with Gasteiger partial charge in [-0.3, -0.25) is 0 Å². The first-order valence-corrected chi connectivity index (χ1v) is 8.92. The van der Waals surface area contributed by atoms with Gasteiger partial charge in [0.1, 0.15) is 0 Å². The van der Waals surface area contributed by atoms with E-state index in [2.05, 4.69) is 22.3 Å². The van der Waals surface area contributed by atoms with E-state index in [9.17, 15) is 9.35 Å². The first-order valence-electron chi connectivity index (χ1n) is 6.72. The van der Waals surface area contributed by atoms with Gasteiger partial charge >= 0.3 is 116 Å². The van der Waals surface area contributed by atoms with Crippen LogP contribution in [0, 0.1) is 0 Å². The Morgan fingerprint density at radius 1 is 1.30 bits per heavy atom. The van der Waals surface area contributed by atoms with Crippen LogP contribution in [0.15, 0.2) is 47.4 Å². The summed E-state index contributed by atoms with van der Waals surface area (Å²) >= 11 is 3.87. The zero-order valence-electron chi connectivity index (χ0n) is 11.9. The Labute approximate surface area is 142 Å². The number of ether oxygens (including phenoxy) is 1. The Bertz CT molecular complexity index is 766. The van der Waals surface area contributed by atoms with Crippen LogP contribution in [0.4, 0.5) is 5.69 Å². The fraction of sp³-hybridized carbons (Fsp3) is 0.0667. The van der Waals surface area contributed by atoms with Crippen molar-refractivity contribution in [3.63, 3.8) is 0 Å². The monoisotopic (exact) mass is 343 g/mol. The van der Waals surface area contributed by atoms with Crippen molar-refractivity contribution in [2.24, 2.45) is 0 Å². The third kappa shape index (κ3) is 3.72. The molecule has 1 radical (unpaired) electrons.